The molecule has 0 radical (unpaired) electrons. The monoisotopic (exact) mass is 473 g/mol. The number of rotatable bonds is 8. The minimum absolute atomic E-state index is 0.123. The van der Waals surface area contributed by atoms with Crippen molar-refractivity contribution >= 4 is 52.3 Å². The predicted octanol–water partition coefficient (Wildman–Crippen LogP) is 5.01. The van der Waals surface area contributed by atoms with Gasteiger partial charge in [0.25, 0.3) is 5.95 Å². The van der Waals surface area contributed by atoms with Crippen molar-refractivity contribution < 1.29 is 4.74 Å². The minimum atomic E-state index is 0.123. The number of halogens is 2. The van der Waals surface area contributed by atoms with Gasteiger partial charge in [0.15, 0.2) is 0 Å². The molecule has 0 fully saturated rings. The molecule has 0 aliphatic rings. The molecule has 8 nitrogen and oxygen atoms in total. The number of ether oxygens (including phenoxy) is 1. The molecule has 10 heteroatoms. The highest BCUT2D eigenvalue weighted by molar-refractivity contribution is 6.42. The van der Waals surface area contributed by atoms with Gasteiger partial charge in [0, 0.05) is 35.2 Å². The summed E-state index contributed by atoms with van der Waals surface area (Å²) in [6.45, 7) is 5.48. The van der Waals surface area contributed by atoms with Gasteiger partial charge >= 0.3 is 0 Å². The van der Waals surface area contributed by atoms with Gasteiger partial charge in [0.05, 0.1) is 17.2 Å². The van der Waals surface area contributed by atoms with Crippen LogP contribution in [0, 0.1) is 6.92 Å². The van der Waals surface area contributed by atoms with Crippen LogP contribution in [0.2, 0.25) is 10.0 Å². The molecule has 0 saturated carbocycles. The zero-order valence-electron chi connectivity index (χ0n) is 18.0. The van der Waals surface area contributed by atoms with Crippen molar-refractivity contribution in [1.82, 2.24) is 15.3 Å². The lowest BCUT2D eigenvalue weighted by molar-refractivity contribution is 0.408. The number of hydrogen-bond donors (Lipinski definition) is 4. The molecule has 0 saturated heterocycles. The highest BCUT2D eigenvalue weighted by Crippen LogP contribution is 2.26. The van der Waals surface area contributed by atoms with Gasteiger partial charge in [0.2, 0.25) is 5.96 Å². The predicted molar refractivity (Wildman–Crippen MR) is 132 cm³/mol. The van der Waals surface area contributed by atoms with Gasteiger partial charge in [-0.1, -0.05) is 30.1 Å². The summed E-state index contributed by atoms with van der Waals surface area (Å²) in [5.74, 6) is 1.76. The molecule has 3 aromatic rings. The Bertz CT molecular complexity index is 1120. The van der Waals surface area contributed by atoms with Crippen LogP contribution in [-0.4, -0.2) is 29.6 Å². The largest absolute Gasteiger partial charge is 0.496 e. The van der Waals surface area contributed by atoms with E-state index in [1.807, 2.05) is 31.2 Å². The van der Waals surface area contributed by atoms with E-state index in [1.165, 1.54) is 0 Å². The maximum atomic E-state index is 6.04. The fraction of sp³-hybridized carbons (Fsp3) is 0.227. The standard InChI is InChI=1S/C22H25Cl2N7O/c1-4-26-12-14-10-15(6-8-19(14)32-3)28-20-9-13(2)27-22(30-20)31-21(25)29-16-5-7-17(23)18(24)11-16/h5-11,26H,4,12H2,1-3H3,(H4,25,27,28,29,30,31). The lowest BCUT2D eigenvalue weighted by Crippen LogP contribution is -2.22. The van der Waals surface area contributed by atoms with E-state index in [0.29, 0.717) is 28.1 Å². The fourth-order valence-corrected chi connectivity index (χ4v) is 3.22. The van der Waals surface area contributed by atoms with E-state index in [-0.39, 0.29) is 11.9 Å². The number of methoxy groups -OCH3 is 1. The average molecular weight is 474 g/mol. The lowest BCUT2D eigenvalue weighted by Gasteiger charge is -2.13. The van der Waals surface area contributed by atoms with E-state index < -0.39 is 0 Å². The molecule has 0 aliphatic carbocycles. The molecule has 168 valence electrons. The number of aromatic nitrogens is 2. The molecule has 0 bridgehead atoms. The van der Waals surface area contributed by atoms with Crippen LogP contribution in [0.15, 0.2) is 47.5 Å². The first-order chi connectivity index (χ1) is 15.4. The zero-order valence-corrected chi connectivity index (χ0v) is 19.6. The molecule has 32 heavy (non-hydrogen) atoms. The van der Waals surface area contributed by atoms with Crippen LogP contribution in [0.3, 0.4) is 0 Å². The first-order valence-electron chi connectivity index (χ1n) is 9.94. The van der Waals surface area contributed by atoms with E-state index in [9.17, 15) is 0 Å². The molecule has 1 aromatic heterocycles. The number of benzene rings is 2. The summed E-state index contributed by atoms with van der Waals surface area (Å²) < 4.78 is 5.44. The maximum absolute atomic E-state index is 6.04. The molecule has 0 amide bonds. The van der Waals surface area contributed by atoms with Crippen LogP contribution < -0.4 is 26.4 Å². The maximum Gasteiger partial charge on any atom is 0.254 e. The molecule has 5 N–H and O–H groups in total. The summed E-state index contributed by atoms with van der Waals surface area (Å²) in [4.78, 5) is 13.1. The van der Waals surface area contributed by atoms with Crippen molar-refractivity contribution in [3.8, 4) is 5.75 Å². The molecule has 0 atom stereocenters. The third-order valence-electron chi connectivity index (χ3n) is 4.37. The number of aryl methyl sites for hydroxylation is 1. The number of nitrogens with two attached hydrogens (primary N) is 1. The Morgan fingerprint density at radius 2 is 1.84 bits per heavy atom. The molecule has 0 unspecified atom stereocenters. The van der Waals surface area contributed by atoms with Gasteiger partial charge in [-0.3, -0.25) is 0 Å². The van der Waals surface area contributed by atoms with E-state index in [0.717, 1.165) is 29.2 Å². The van der Waals surface area contributed by atoms with Crippen LogP contribution in [0.1, 0.15) is 18.2 Å². The average Bonchev–Trinajstić information content (AvgIpc) is 2.74. The van der Waals surface area contributed by atoms with Crippen molar-refractivity contribution in [2.45, 2.75) is 20.4 Å². The molecular formula is C22H25Cl2N7O. The topological polar surface area (TPSA) is 109 Å². The van der Waals surface area contributed by atoms with Crippen molar-refractivity contribution in [3.05, 3.63) is 63.8 Å². The highest BCUT2D eigenvalue weighted by atomic mass is 35.5. The Balaban J connectivity index is 1.79. The first-order valence-corrected chi connectivity index (χ1v) is 10.7. The van der Waals surface area contributed by atoms with Crippen LogP contribution in [-0.2, 0) is 6.54 Å². The van der Waals surface area contributed by atoms with Gasteiger partial charge < -0.3 is 26.4 Å². The van der Waals surface area contributed by atoms with Crippen molar-refractivity contribution in [2.75, 3.05) is 24.3 Å². The normalized spacial score (nSPS) is 11.3. The Hall–Kier alpha value is -3.07. The number of nitrogens with one attached hydrogen (secondary N) is 3. The highest BCUT2D eigenvalue weighted by Gasteiger charge is 2.08. The van der Waals surface area contributed by atoms with Gasteiger partial charge in [-0.15, -0.1) is 0 Å². The van der Waals surface area contributed by atoms with E-state index in [2.05, 4.69) is 37.8 Å². The van der Waals surface area contributed by atoms with Gasteiger partial charge in [-0.05, 0) is 49.9 Å². The summed E-state index contributed by atoms with van der Waals surface area (Å²) in [6, 6.07) is 12.8. The fourth-order valence-electron chi connectivity index (χ4n) is 2.93. The summed E-state index contributed by atoms with van der Waals surface area (Å²) >= 11 is 12.0. The molecule has 1 heterocycles. The summed E-state index contributed by atoms with van der Waals surface area (Å²) in [5.41, 5.74) is 9.32. The van der Waals surface area contributed by atoms with Gasteiger partial charge in [0.1, 0.15) is 11.6 Å². The first kappa shape index (κ1) is 23.6. The number of nitrogens with zero attached hydrogens (tertiary/aromatic N) is 3. The number of anilines is 3. The van der Waals surface area contributed by atoms with E-state index in [1.54, 1.807) is 25.3 Å². The van der Waals surface area contributed by atoms with Gasteiger partial charge in [-0.25, -0.2) is 4.98 Å². The van der Waals surface area contributed by atoms with Crippen LogP contribution in [0.25, 0.3) is 0 Å². The summed E-state index contributed by atoms with van der Waals surface area (Å²) in [7, 11) is 1.66. The van der Waals surface area contributed by atoms with Crippen LogP contribution >= 0.6 is 23.2 Å². The molecular weight excluding hydrogens is 449 g/mol. The number of hydrogen-bond acceptors (Lipinski definition) is 6. The van der Waals surface area contributed by atoms with Crippen LogP contribution in [0.5, 0.6) is 5.75 Å². The lowest BCUT2D eigenvalue weighted by atomic mass is 10.1. The second-order valence-corrected chi connectivity index (χ2v) is 7.69. The van der Waals surface area contributed by atoms with Gasteiger partial charge in [-0.2, -0.15) is 9.98 Å². The molecule has 2 aromatic carbocycles. The third-order valence-corrected chi connectivity index (χ3v) is 5.11. The van der Waals surface area contributed by atoms with E-state index >= 15 is 0 Å². The number of aliphatic imine (C=N–C) groups is 1. The van der Waals surface area contributed by atoms with Crippen molar-refractivity contribution in [1.29, 1.82) is 0 Å². The Morgan fingerprint density at radius 1 is 1.06 bits per heavy atom. The Morgan fingerprint density at radius 3 is 2.56 bits per heavy atom. The summed E-state index contributed by atoms with van der Waals surface area (Å²) in [5, 5.41) is 10.4. The Kier molecular flexibility index (Phi) is 8.10. The smallest absolute Gasteiger partial charge is 0.254 e. The molecule has 3 rings (SSSR count). The minimum Gasteiger partial charge on any atom is -0.496 e. The Labute approximate surface area is 197 Å². The van der Waals surface area contributed by atoms with Crippen molar-refractivity contribution in [3.63, 3.8) is 0 Å². The van der Waals surface area contributed by atoms with Crippen LogP contribution in [0.4, 0.5) is 23.1 Å². The second-order valence-electron chi connectivity index (χ2n) is 6.88. The van der Waals surface area contributed by atoms with Crippen molar-refractivity contribution in [2.24, 2.45) is 10.7 Å². The molecule has 0 aliphatic heterocycles. The number of guanidine groups is 1. The SMILES string of the molecule is CCNCc1cc(Nc2cc(C)nc(/N=C(\N)Nc3ccc(Cl)c(Cl)c3)n2)ccc1OC. The van der Waals surface area contributed by atoms with E-state index in [4.69, 9.17) is 33.7 Å². The zero-order chi connectivity index (χ0) is 23.1. The summed E-state index contributed by atoms with van der Waals surface area (Å²) in [6.07, 6.45) is 0. The molecule has 0 spiro atoms. The second kappa shape index (κ2) is 11.0. The third kappa shape index (κ3) is 6.46. The quantitative estimate of drug-likeness (QED) is 0.268.